The third-order valence-corrected chi connectivity index (χ3v) is 12.4. The van der Waals surface area contributed by atoms with Gasteiger partial charge in [-0.05, 0) is 54.9 Å². The van der Waals surface area contributed by atoms with Crippen molar-refractivity contribution in [3.63, 3.8) is 0 Å². The van der Waals surface area contributed by atoms with Crippen LogP contribution in [-0.2, 0) is 33.0 Å². The maximum absolute atomic E-state index is 12.6. The van der Waals surface area contributed by atoms with E-state index in [2.05, 4.69) is 45.0 Å². The molecule has 0 aliphatic carbocycles. The van der Waals surface area contributed by atoms with Gasteiger partial charge in [0.15, 0.2) is 6.29 Å². The van der Waals surface area contributed by atoms with Crippen LogP contribution in [0.4, 0.5) is 0 Å². The van der Waals surface area contributed by atoms with Gasteiger partial charge in [-0.1, -0.05) is 81.4 Å². The van der Waals surface area contributed by atoms with E-state index >= 15 is 0 Å². The molecule has 0 bridgehead atoms. The minimum Gasteiger partial charge on any atom is -0.405 e. The van der Waals surface area contributed by atoms with Gasteiger partial charge in [-0.25, -0.2) is 0 Å². The van der Waals surface area contributed by atoms with Gasteiger partial charge in [-0.3, -0.25) is 8.98 Å². The average Bonchev–Trinajstić information content (AvgIpc) is 2.89. The molecule has 224 valence electrons. The smallest absolute Gasteiger partial charge is 0.264 e. The van der Waals surface area contributed by atoms with Crippen molar-refractivity contribution in [1.82, 2.24) is 0 Å². The van der Waals surface area contributed by atoms with E-state index in [-0.39, 0.29) is 23.7 Å². The second-order valence-corrected chi connectivity index (χ2v) is 17.0. The van der Waals surface area contributed by atoms with E-state index in [4.69, 9.17) is 18.1 Å². The lowest BCUT2D eigenvalue weighted by molar-refractivity contribution is -0.141. The molecule has 0 unspecified atom stereocenters. The summed E-state index contributed by atoms with van der Waals surface area (Å²) in [6.45, 7) is 11.6. The number of ether oxygens (including phenoxy) is 2. The van der Waals surface area contributed by atoms with Crippen molar-refractivity contribution in [2.24, 2.45) is 0 Å². The summed E-state index contributed by atoms with van der Waals surface area (Å²) in [7, 11) is -6.57. The average molecular weight is 593 g/mol. The van der Waals surface area contributed by atoms with E-state index in [9.17, 15) is 13.2 Å². The molecular weight excluding hydrogens is 544 g/mol. The number of carbonyl (C=O) groups is 1. The molecule has 2 aromatic carbocycles. The number of Topliss-reactive ketones (excluding diaryl/α,β-unsaturated/α-hetero) is 1. The zero-order valence-electron chi connectivity index (χ0n) is 25.1. The number of benzene rings is 2. The largest absolute Gasteiger partial charge is 0.405 e. The first-order valence-corrected chi connectivity index (χ1v) is 18.0. The highest BCUT2D eigenvalue weighted by molar-refractivity contribution is 7.86. The molecule has 0 radical (unpaired) electrons. The van der Waals surface area contributed by atoms with Crippen molar-refractivity contribution >= 4 is 34.6 Å². The van der Waals surface area contributed by atoms with Crippen molar-refractivity contribution in [3.8, 4) is 0 Å². The van der Waals surface area contributed by atoms with Crippen molar-refractivity contribution in [2.45, 2.75) is 90.6 Å². The molecule has 0 spiro atoms. The van der Waals surface area contributed by atoms with E-state index < -0.39 is 24.5 Å². The predicted octanol–water partition coefficient (Wildman–Crippen LogP) is 5.22. The molecule has 0 aliphatic rings. The Kier molecular flexibility index (Phi) is 14.2. The molecule has 1 atom stereocenters. The molecule has 2 rings (SSSR count). The van der Waals surface area contributed by atoms with Crippen molar-refractivity contribution in [2.75, 3.05) is 26.1 Å². The molecule has 9 heteroatoms. The van der Waals surface area contributed by atoms with Crippen molar-refractivity contribution < 1.29 is 31.3 Å². The summed E-state index contributed by atoms with van der Waals surface area (Å²) in [5.41, 5.74) is 0. The summed E-state index contributed by atoms with van der Waals surface area (Å²) in [5, 5.41) is 1.97. The molecule has 0 saturated carbocycles. The number of carbonyl (C=O) groups excluding carboxylic acids is 1. The fourth-order valence-corrected chi connectivity index (χ4v) is 10.3. The third-order valence-electron chi connectivity index (χ3n) is 6.80. The van der Waals surface area contributed by atoms with E-state index in [0.29, 0.717) is 51.7 Å². The molecule has 0 N–H and O–H groups in total. The number of ketones is 1. The van der Waals surface area contributed by atoms with Gasteiger partial charge in [0.05, 0.1) is 19.0 Å². The molecule has 0 fully saturated rings. The van der Waals surface area contributed by atoms with Crippen LogP contribution in [0.5, 0.6) is 0 Å². The second kappa shape index (κ2) is 16.5. The Balaban J connectivity index is 2.13. The number of rotatable bonds is 19. The molecule has 0 amide bonds. The zero-order chi connectivity index (χ0) is 29.7. The van der Waals surface area contributed by atoms with Crippen LogP contribution in [0.3, 0.4) is 0 Å². The van der Waals surface area contributed by atoms with Crippen LogP contribution in [0.1, 0.15) is 73.1 Å². The summed E-state index contributed by atoms with van der Waals surface area (Å²) in [6, 6.07) is 20.4. The van der Waals surface area contributed by atoms with E-state index in [1.165, 1.54) is 0 Å². The normalized spacial score (nSPS) is 13.5. The lowest BCUT2D eigenvalue weighted by atomic mass is 10.1. The van der Waals surface area contributed by atoms with Gasteiger partial charge < -0.3 is 13.9 Å². The summed E-state index contributed by atoms with van der Waals surface area (Å²) in [4.78, 5) is 12.6. The Morgan fingerprint density at radius 2 is 1.30 bits per heavy atom. The maximum Gasteiger partial charge on any atom is 0.264 e. The van der Waals surface area contributed by atoms with Crippen LogP contribution >= 0.6 is 0 Å². The molecule has 0 saturated heterocycles. The van der Waals surface area contributed by atoms with E-state index in [1.807, 2.05) is 50.2 Å². The van der Waals surface area contributed by atoms with Crippen LogP contribution in [0.2, 0.25) is 5.04 Å². The lowest BCUT2D eigenvalue weighted by Crippen LogP contribution is -2.67. The van der Waals surface area contributed by atoms with E-state index in [0.717, 1.165) is 16.6 Å². The zero-order valence-corrected chi connectivity index (χ0v) is 26.9. The summed E-state index contributed by atoms with van der Waals surface area (Å²) in [6.07, 6.45) is 3.15. The minimum absolute atomic E-state index is 0.110. The van der Waals surface area contributed by atoms with Gasteiger partial charge in [0.1, 0.15) is 5.78 Å². The highest BCUT2D eigenvalue weighted by atomic mass is 32.2. The molecule has 2 aromatic rings. The summed E-state index contributed by atoms with van der Waals surface area (Å²) in [5.74, 6) is 0.137. The Hall–Kier alpha value is -1.88. The van der Waals surface area contributed by atoms with Crippen LogP contribution < -0.4 is 10.4 Å². The topological polar surface area (TPSA) is 88.1 Å². The Labute approximate surface area is 242 Å². The Morgan fingerprint density at radius 1 is 0.825 bits per heavy atom. The SMILES string of the molecule is CCOC(CCCC(=O)CCC[C@H](CO[Si](c1ccccc1)(c1ccccc1)C(C)(C)C)OS(C)(=O)=O)OCC. The van der Waals surface area contributed by atoms with Crippen LogP contribution in [0, 0.1) is 0 Å². The van der Waals surface area contributed by atoms with Crippen LogP contribution in [-0.4, -0.2) is 61.0 Å². The van der Waals surface area contributed by atoms with Gasteiger partial charge in [0.2, 0.25) is 0 Å². The molecule has 0 heterocycles. The number of hydrogen-bond donors (Lipinski definition) is 0. The first kappa shape index (κ1) is 34.3. The Morgan fingerprint density at radius 3 is 1.73 bits per heavy atom. The molecule has 7 nitrogen and oxygen atoms in total. The molecular formula is C31H48O7SSi. The molecule has 40 heavy (non-hydrogen) atoms. The van der Waals surface area contributed by atoms with Gasteiger partial charge in [-0.2, -0.15) is 8.42 Å². The molecule has 0 aromatic heterocycles. The third kappa shape index (κ3) is 10.8. The van der Waals surface area contributed by atoms with Crippen LogP contribution in [0.15, 0.2) is 60.7 Å². The number of hydrogen-bond acceptors (Lipinski definition) is 7. The quantitative estimate of drug-likeness (QED) is 0.126. The van der Waals surface area contributed by atoms with Crippen LogP contribution in [0.25, 0.3) is 0 Å². The summed E-state index contributed by atoms with van der Waals surface area (Å²) >= 11 is 0. The van der Waals surface area contributed by atoms with Gasteiger partial charge in [0.25, 0.3) is 18.4 Å². The maximum atomic E-state index is 12.6. The van der Waals surface area contributed by atoms with Crippen molar-refractivity contribution in [3.05, 3.63) is 60.7 Å². The highest BCUT2D eigenvalue weighted by Crippen LogP contribution is 2.37. The van der Waals surface area contributed by atoms with Gasteiger partial charge in [-0.15, -0.1) is 0 Å². The fourth-order valence-electron chi connectivity index (χ4n) is 5.09. The standard InChI is InChI=1S/C31H48O7SSi/c1-7-35-30(36-8-2)24-16-18-26(32)17-15-19-27(38-39(6,33)34)25-37-40(31(3,4)5,28-20-11-9-12-21-28)29-22-13-10-14-23-29/h9-14,20-23,27,30H,7-8,15-19,24-25H2,1-6H3/t27-/m1/s1. The Bertz CT molecular complexity index is 1060. The first-order valence-electron chi connectivity index (χ1n) is 14.3. The summed E-state index contributed by atoms with van der Waals surface area (Å²) < 4.78 is 47.8. The fraction of sp³-hybridized carbons (Fsp3) is 0.581. The predicted molar refractivity (Wildman–Crippen MR) is 163 cm³/mol. The van der Waals surface area contributed by atoms with Gasteiger partial charge in [0, 0.05) is 26.1 Å². The minimum atomic E-state index is -3.72. The first-order chi connectivity index (χ1) is 18.9. The monoisotopic (exact) mass is 592 g/mol. The highest BCUT2D eigenvalue weighted by Gasteiger charge is 2.50. The molecule has 0 aliphatic heterocycles. The van der Waals surface area contributed by atoms with Gasteiger partial charge >= 0.3 is 0 Å². The second-order valence-electron chi connectivity index (χ2n) is 11.1. The van der Waals surface area contributed by atoms with E-state index in [1.54, 1.807) is 0 Å². The van der Waals surface area contributed by atoms with Crippen molar-refractivity contribution in [1.29, 1.82) is 0 Å². The lowest BCUT2D eigenvalue weighted by Gasteiger charge is -2.43.